The van der Waals surface area contributed by atoms with Gasteiger partial charge < -0.3 is 5.73 Å². The molecule has 0 aromatic carbocycles. The average molecular weight is 193 g/mol. The van der Waals surface area contributed by atoms with Crippen molar-refractivity contribution in [1.82, 2.24) is 4.90 Å². The molecule has 2 rings (SSSR count). The van der Waals surface area contributed by atoms with E-state index in [2.05, 4.69) is 17.9 Å². The van der Waals surface area contributed by atoms with E-state index in [1.54, 1.807) is 0 Å². The minimum atomic E-state index is -0.325. The van der Waals surface area contributed by atoms with Crippen LogP contribution >= 0.6 is 0 Å². The van der Waals surface area contributed by atoms with Gasteiger partial charge in [-0.15, -0.1) is 0 Å². The van der Waals surface area contributed by atoms with Crippen molar-refractivity contribution in [2.45, 2.75) is 50.7 Å². The number of rotatable bonds is 2. The highest BCUT2D eigenvalue weighted by atomic mass is 15.2. The Morgan fingerprint density at radius 2 is 2.21 bits per heavy atom. The standard InChI is InChI=1S/C11H19N3/c1-8(10(13)7-12)14-6-5-9-3-2-4-11(9)14/h8-11H,2-6,13H2,1H3. The average Bonchev–Trinajstić information content (AvgIpc) is 2.76. The third-order valence-electron chi connectivity index (χ3n) is 3.99. The van der Waals surface area contributed by atoms with E-state index in [4.69, 9.17) is 11.0 Å². The number of fused-ring (bicyclic) bond motifs is 1. The van der Waals surface area contributed by atoms with Crippen LogP contribution in [-0.2, 0) is 0 Å². The van der Waals surface area contributed by atoms with Gasteiger partial charge in [-0.2, -0.15) is 5.26 Å². The largest absolute Gasteiger partial charge is 0.315 e. The molecule has 2 fully saturated rings. The van der Waals surface area contributed by atoms with Gasteiger partial charge in [0.15, 0.2) is 0 Å². The summed E-state index contributed by atoms with van der Waals surface area (Å²) in [4.78, 5) is 2.46. The van der Waals surface area contributed by atoms with Gasteiger partial charge in [-0.3, -0.25) is 4.90 Å². The van der Waals surface area contributed by atoms with Crippen molar-refractivity contribution in [1.29, 1.82) is 5.26 Å². The summed E-state index contributed by atoms with van der Waals surface area (Å²) in [6, 6.07) is 2.79. The Bertz CT molecular complexity index is 245. The van der Waals surface area contributed by atoms with Gasteiger partial charge in [-0.1, -0.05) is 6.42 Å². The molecule has 1 heterocycles. The zero-order valence-electron chi connectivity index (χ0n) is 8.82. The van der Waals surface area contributed by atoms with Crippen molar-refractivity contribution in [3.8, 4) is 6.07 Å². The van der Waals surface area contributed by atoms with Crippen LogP contribution in [0.2, 0.25) is 0 Å². The van der Waals surface area contributed by atoms with Crippen LogP contribution in [0.4, 0.5) is 0 Å². The number of hydrogen-bond acceptors (Lipinski definition) is 3. The van der Waals surface area contributed by atoms with Crippen LogP contribution in [0.15, 0.2) is 0 Å². The third-order valence-corrected chi connectivity index (χ3v) is 3.99. The molecule has 1 aliphatic carbocycles. The van der Waals surface area contributed by atoms with Gasteiger partial charge in [0.25, 0.3) is 0 Å². The highest BCUT2D eigenvalue weighted by molar-refractivity contribution is 5.01. The summed E-state index contributed by atoms with van der Waals surface area (Å²) in [7, 11) is 0. The lowest BCUT2D eigenvalue weighted by molar-refractivity contribution is 0.173. The van der Waals surface area contributed by atoms with Gasteiger partial charge in [0.2, 0.25) is 0 Å². The van der Waals surface area contributed by atoms with Crippen LogP contribution in [0.25, 0.3) is 0 Å². The van der Waals surface area contributed by atoms with Gasteiger partial charge in [0.1, 0.15) is 6.04 Å². The van der Waals surface area contributed by atoms with Crippen molar-refractivity contribution in [3.63, 3.8) is 0 Å². The Morgan fingerprint density at radius 3 is 2.93 bits per heavy atom. The first kappa shape index (κ1) is 9.95. The summed E-state index contributed by atoms with van der Waals surface area (Å²) in [5.41, 5.74) is 5.78. The molecule has 0 bridgehead atoms. The third kappa shape index (κ3) is 1.53. The van der Waals surface area contributed by atoms with Gasteiger partial charge in [-0.25, -0.2) is 0 Å². The number of nitrogens with zero attached hydrogens (tertiary/aromatic N) is 2. The predicted molar refractivity (Wildman–Crippen MR) is 55.5 cm³/mol. The molecule has 3 heteroatoms. The Kier molecular flexibility index (Phi) is 2.76. The summed E-state index contributed by atoms with van der Waals surface area (Å²) in [6.07, 6.45) is 5.37. The van der Waals surface area contributed by atoms with Crippen molar-refractivity contribution in [3.05, 3.63) is 0 Å². The summed E-state index contributed by atoms with van der Waals surface area (Å²) in [5.74, 6) is 0.892. The fourth-order valence-corrected chi connectivity index (χ4v) is 3.09. The molecule has 4 atom stereocenters. The van der Waals surface area contributed by atoms with E-state index in [1.165, 1.54) is 25.7 Å². The molecule has 2 N–H and O–H groups in total. The Morgan fingerprint density at radius 1 is 1.43 bits per heavy atom. The highest BCUT2D eigenvalue weighted by Crippen LogP contribution is 2.38. The molecule has 0 aromatic heterocycles. The van der Waals surface area contributed by atoms with Crippen LogP contribution in [0.5, 0.6) is 0 Å². The smallest absolute Gasteiger partial charge is 0.108 e. The van der Waals surface area contributed by atoms with Crippen molar-refractivity contribution < 1.29 is 0 Å². The number of likely N-dealkylation sites (tertiary alicyclic amines) is 1. The minimum absolute atomic E-state index is 0.230. The normalized spacial score (nSPS) is 36.4. The van der Waals surface area contributed by atoms with E-state index in [0.29, 0.717) is 0 Å². The van der Waals surface area contributed by atoms with E-state index < -0.39 is 0 Å². The lowest BCUT2D eigenvalue weighted by atomic mass is 10.0. The molecule has 0 spiro atoms. The Labute approximate surface area is 85.9 Å². The van der Waals surface area contributed by atoms with Gasteiger partial charge in [0, 0.05) is 12.1 Å². The van der Waals surface area contributed by atoms with Crippen LogP contribution in [0.3, 0.4) is 0 Å². The maximum Gasteiger partial charge on any atom is 0.108 e. The molecule has 2 aliphatic rings. The monoisotopic (exact) mass is 193 g/mol. The molecule has 14 heavy (non-hydrogen) atoms. The second kappa shape index (κ2) is 3.88. The second-order valence-corrected chi connectivity index (χ2v) is 4.68. The van der Waals surface area contributed by atoms with Crippen molar-refractivity contribution in [2.24, 2.45) is 11.7 Å². The fraction of sp³-hybridized carbons (Fsp3) is 0.909. The maximum atomic E-state index is 8.80. The summed E-state index contributed by atoms with van der Waals surface area (Å²) in [5, 5.41) is 8.80. The summed E-state index contributed by atoms with van der Waals surface area (Å²) >= 11 is 0. The van der Waals surface area contributed by atoms with E-state index in [1.807, 2.05) is 0 Å². The SMILES string of the molecule is CC(C(N)C#N)N1CCC2CCCC21. The van der Waals surface area contributed by atoms with E-state index in [-0.39, 0.29) is 12.1 Å². The number of nitriles is 1. The molecule has 1 aliphatic heterocycles. The molecule has 3 nitrogen and oxygen atoms in total. The van der Waals surface area contributed by atoms with Gasteiger partial charge in [-0.05, 0) is 38.6 Å². The summed E-state index contributed by atoms with van der Waals surface area (Å²) < 4.78 is 0. The van der Waals surface area contributed by atoms with E-state index in [0.717, 1.165) is 18.5 Å². The quantitative estimate of drug-likeness (QED) is 0.714. The molecule has 1 saturated heterocycles. The zero-order chi connectivity index (χ0) is 10.1. The lowest BCUT2D eigenvalue weighted by Gasteiger charge is -2.31. The predicted octanol–water partition coefficient (Wildman–Crippen LogP) is 1.10. The van der Waals surface area contributed by atoms with E-state index in [9.17, 15) is 0 Å². The first-order chi connectivity index (χ1) is 6.74. The first-order valence-corrected chi connectivity index (χ1v) is 5.65. The fourth-order valence-electron chi connectivity index (χ4n) is 3.09. The second-order valence-electron chi connectivity index (χ2n) is 4.68. The molecule has 0 aromatic rings. The minimum Gasteiger partial charge on any atom is -0.315 e. The van der Waals surface area contributed by atoms with E-state index >= 15 is 0 Å². The topological polar surface area (TPSA) is 53.1 Å². The molecule has 0 amide bonds. The van der Waals surface area contributed by atoms with Gasteiger partial charge >= 0.3 is 0 Å². The van der Waals surface area contributed by atoms with Crippen LogP contribution in [0.1, 0.15) is 32.6 Å². The molecule has 1 saturated carbocycles. The Hall–Kier alpha value is -0.590. The molecular weight excluding hydrogens is 174 g/mol. The number of nitrogens with two attached hydrogens (primary N) is 1. The van der Waals surface area contributed by atoms with Crippen LogP contribution in [-0.4, -0.2) is 29.6 Å². The first-order valence-electron chi connectivity index (χ1n) is 5.65. The molecule has 78 valence electrons. The highest BCUT2D eigenvalue weighted by Gasteiger charge is 2.40. The number of hydrogen-bond donors (Lipinski definition) is 1. The van der Waals surface area contributed by atoms with Crippen LogP contribution < -0.4 is 5.73 Å². The summed E-state index contributed by atoms with van der Waals surface area (Å²) in [6.45, 7) is 3.24. The molecule has 4 unspecified atom stereocenters. The molecular formula is C11H19N3. The van der Waals surface area contributed by atoms with Crippen molar-refractivity contribution in [2.75, 3.05) is 6.54 Å². The lowest BCUT2D eigenvalue weighted by Crippen LogP contribution is -2.47. The molecule has 0 radical (unpaired) electrons. The maximum absolute atomic E-state index is 8.80. The van der Waals surface area contributed by atoms with Crippen molar-refractivity contribution >= 4 is 0 Å². The van der Waals surface area contributed by atoms with Gasteiger partial charge in [0.05, 0.1) is 6.07 Å². The van der Waals surface area contributed by atoms with Crippen LogP contribution in [0, 0.1) is 17.2 Å². The Balaban J connectivity index is 2.01. The zero-order valence-corrected chi connectivity index (χ0v) is 8.82.